The van der Waals surface area contributed by atoms with E-state index in [4.69, 9.17) is 42.5 Å². The van der Waals surface area contributed by atoms with Gasteiger partial charge in [0.05, 0.1) is 13.2 Å². The predicted molar refractivity (Wildman–Crippen MR) is 73.4 cm³/mol. The SMILES string of the molecule is CC(C)(CO)CO.Nc1nc(N)nc(N)n1.OB(O)O. The average Bonchev–Trinajstić information content (AvgIpc) is 2.27. The quantitative estimate of drug-likeness (QED) is 0.250. The minimum absolute atomic E-state index is 0.0417. The summed E-state index contributed by atoms with van der Waals surface area (Å²) in [5, 5.41) is 38.4. The number of nitrogens with zero attached hydrogens (tertiary/aromatic N) is 3. The molecule has 0 atom stereocenters. The lowest BCUT2D eigenvalue weighted by molar-refractivity contribution is 0.0857. The van der Waals surface area contributed by atoms with Gasteiger partial charge in [-0.15, -0.1) is 0 Å². The summed E-state index contributed by atoms with van der Waals surface area (Å²) in [6.07, 6.45) is 0. The molecule has 0 aliphatic carbocycles. The van der Waals surface area contributed by atoms with E-state index >= 15 is 0 Å². The Hall–Kier alpha value is -1.73. The highest BCUT2D eigenvalue weighted by Gasteiger charge is 2.13. The highest BCUT2D eigenvalue weighted by atomic mass is 16.5. The molecule has 1 heterocycles. The molecule has 0 aromatic carbocycles. The van der Waals surface area contributed by atoms with Gasteiger partial charge in [0, 0.05) is 5.41 Å². The molecule has 11 N–H and O–H groups in total. The molecule has 0 saturated heterocycles. The van der Waals surface area contributed by atoms with Gasteiger partial charge in [0.1, 0.15) is 0 Å². The van der Waals surface area contributed by atoms with Gasteiger partial charge in [0.2, 0.25) is 17.8 Å². The molecule has 12 heteroatoms. The van der Waals surface area contributed by atoms with Crippen molar-refractivity contribution in [3.63, 3.8) is 0 Å². The Morgan fingerprint density at radius 1 is 0.850 bits per heavy atom. The smallest absolute Gasteiger partial charge is 0.402 e. The Bertz CT molecular complexity index is 321. The van der Waals surface area contributed by atoms with Crippen molar-refractivity contribution in [2.45, 2.75) is 13.8 Å². The van der Waals surface area contributed by atoms with Gasteiger partial charge < -0.3 is 42.5 Å². The van der Waals surface area contributed by atoms with Crippen LogP contribution in [-0.2, 0) is 0 Å². The zero-order chi connectivity index (χ0) is 16.3. The number of rotatable bonds is 2. The fourth-order valence-electron chi connectivity index (χ4n) is 0.477. The molecule has 1 aromatic heterocycles. The van der Waals surface area contributed by atoms with Crippen LogP contribution in [-0.4, -0.2) is 60.8 Å². The average molecular weight is 292 g/mol. The molecule has 0 amide bonds. The van der Waals surface area contributed by atoms with Crippen molar-refractivity contribution in [1.82, 2.24) is 15.0 Å². The van der Waals surface area contributed by atoms with Crippen molar-refractivity contribution in [2.75, 3.05) is 30.4 Å². The molecule has 0 radical (unpaired) electrons. The fraction of sp³-hybridized carbons (Fsp3) is 0.625. The second-order valence-corrected chi connectivity index (χ2v) is 4.24. The zero-order valence-electron chi connectivity index (χ0n) is 11.3. The summed E-state index contributed by atoms with van der Waals surface area (Å²) in [5.74, 6) is 0.125. The van der Waals surface area contributed by atoms with E-state index in [1.54, 1.807) is 13.8 Å². The van der Waals surface area contributed by atoms with E-state index < -0.39 is 7.32 Å². The van der Waals surface area contributed by atoms with E-state index in [-0.39, 0.29) is 36.5 Å². The predicted octanol–water partition coefficient (Wildman–Crippen LogP) is -3.44. The molecule has 116 valence electrons. The van der Waals surface area contributed by atoms with Crippen LogP contribution in [0, 0.1) is 5.41 Å². The highest BCUT2D eigenvalue weighted by Crippen LogP contribution is 2.10. The molecule has 0 saturated carbocycles. The summed E-state index contributed by atoms with van der Waals surface area (Å²) < 4.78 is 0. The van der Waals surface area contributed by atoms with Gasteiger partial charge in [-0.3, -0.25) is 0 Å². The maximum absolute atomic E-state index is 8.43. The summed E-state index contributed by atoms with van der Waals surface area (Å²) >= 11 is 0. The lowest BCUT2D eigenvalue weighted by atomic mass is 9.97. The first-order valence-electron chi connectivity index (χ1n) is 5.32. The van der Waals surface area contributed by atoms with Gasteiger partial charge in [-0.25, -0.2) is 0 Å². The van der Waals surface area contributed by atoms with Gasteiger partial charge in [-0.2, -0.15) is 15.0 Å². The topological polar surface area (TPSA) is 218 Å². The fourth-order valence-corrected chi connectivity index (χ4v) is 0.477. The Morgan fingerprint density at radius 2 is 1.05 bits per heavy atom. The van der Waals surface area contributed by atoms with Crippen LogP contribution >= 0.6 is 0 Å². The lowest BCUT2D eigenvalue weighted by Gasteiger charge is -2.16. The van der Waals surface area contributed by atoms with Crippen LogP contribution in [0.25, 0.3) is 0 Å². The van der Waals surface area contributed by atoms with Crippen LogP contribution in [0.1, 0.15) is 13.8 Å². The number of anilines is 3. The summed E-state index contributed by atoms with van der Waals surface area (Å²) in [5.41, 5.74) is 15.1. The zero-order valence-corrected chi connectivity index (χ0v) is 11.3. The van der Waals surface area contributed by atoms with Gasteiger partial charge >= 0.3 is 7.32 Å². The van der Waals surface area contributed by atoms with Crippen LogP contribution in [0.3, 0.4) is 0 Å². The standard InChI is InChI=1S/C5H12O2.C3H6N6.BH3O3/c1-5(2,3-6)4-7;4-1-7-2(5)9-3(6)8-1;2-1(3)4/h6-7H,3-4H2,1-2H3;(H6,4,5,6,7,8,9);2-4H. The van der Waals surface area contributed by atoms with Crippen molar-refractivity contribution in [1.29, 1.82) is 0 Å². The molecule has 0 spiro atoms. The molecule has 0 fully saturated rings. The third kappa shape index (κ3) is 14.3. The molecule has 1 rings (SSSR count). The summed E-state index contributed by atoms with van der Waals surface area (Å²) in [7, 11) is -2.17. The second-order valence-electron chi connectivity index (χ2n) is 4.24. The van der Waals surface area contributed by atoms with Gasteiger partial charge in [-0.1, -0.05) is 13.8 Å². The van der Waals surface area contributed by atoms with Gasteiger partial charge in [0.25, 0.3) is 0 Å². The minimum Gasteiger partial charge on any atom is -0.402 e. The van der Waals surface area contributed by atoms with E-state index in [1.165, 1.54) is 0 Å². The lowest BCUT2D eigenvalue weighted by Crippen LogP contribution is -2.20. The highest BCUT2D eigenvalue weighted by molar-refractivity contribution is 6.30. The van der Waals surface area contributed by atoms with Crippen LogP contribution in [0.4, 0.5) is 17.8 Å². The van der Waals surface area contributed by atoms with E-state index in [9.17, 15) is 0 Å². The van der Waals surface area contributed by atoms with Crippen molar-refractivity contribution in [3.8, 4) is 0 Å². The number of aromatic nitrogens is 3. The number of hydrogen-bond acceptors (Lipinski definition) is 11. The van der Waals surface area contributed by atoms with Crippen LogP contribution in [0.15, 0.2) is 0 Å². The largest absolute Gasteiger partial charge is 0.631 e. The molecule has 0 aliphatic heterocycles. The molecule has 0 unspecified atom stereocenters. The van der Waals surface area contributed by atoms with Crippen molar-refractivity contribution >= 4 is 25.2 Å². The van der Waals surface area contributed by atoms with Gasteiger partial charge in [-0.05, 0) is 0 Å². The van der Waals surface area contributed by atoms with Crippen LogP contribution < -0.4 is 17.2 Å². The van der Waals surface area contributed by atoms with E-state index in [2.05, 4.69) is 15.0 Å². The van der Waals surface area contributed by atoms with Gasteiger partial charge in [0.15, 0.2) is 0 Å². The van der Waals surface area contributed by atoms with Crippen LogP contribution in [0.5, 0.6) is 0 Å². The second kappa shape index (κ2) is 10.1. The normalized spacial score (nSPS) is 9.75. The van der Waals surface area contributed by atoms with Crippen molar-refractivity contribution in [3.05, 3.63) is 0 Å². The molecular formula is C8H21BN6O5. The monoisotopic (exact) mass is 292 g/mol. The molecule has 0 bridgehead atoms. The summed E-state index contributed by atoms with van der Waals surface area (Å²) in [4.78, 5) is 10.5. The summed E-state index contributed by atoms with van der Waals surface area (Å²) in [6, 6.07) is 0. The Morgan fingerprint density at radius 3 is 1.15 bits per heavy atom. The molecule has 1 aromatic rings. The third-order valence-electron chi connectivity index (χ3n) is 1.54. The van der Waals surface area contributed by atoms with E-state index in [1.807, 2.05) is 0 Å². The molecule has 11 nitrogen and oxygen atoms in total. The molecular weight excluding hydrogens is 271 g/mol. The maximum atomic E-state index is 8.43. The number of aliphatic hydroxyl groups is 2. The maximum Gasteiger partial charge on any atom is 0.631 e. The van der Waals surface area contributed by atoms with Crippen molar-refractivity contribution < 1.29 is 25.3 Å². The Balaban J connectivity index is 0. The van der Waals surface area contributed by atoms with Crippen LogP contribution in [0.2, 0.25) is 0 Å². The first kappa shape index (κ1) is 20.6. The number of nitrogen functional groups attached to an aromatic ring is 3. The third-order valence-corrected chi connectivity index (χ3v) is 1.54. The number of hydrogen-bond donors (Lipinski definition) is 8. The van der Waals surface area contributed by atoms with E-state index in [0.717, 1.165) is 0 Å². The van der Waals surface area contributed by atoms with Crippen molar-refractivity contribution in [2.24, 2.45) is 5.41 Å². The van der Waals surface area contributed by atoms with E-state index in [0.29, 0.717) is 0 Å². The molecule has 0 aliphatic rings. The molecule has 20 heavy (non-hydrogen) atoms. The summed E-state index contributed by atoms with van der Waals surface area (Å²) in [6.45, 7) is 3.69. The minimum atomic E-state index is -2.17. The first-order chi connectivity index (χ1) is 9.03. The number of aliphatic hydroxyl groups excluding tert-OH is 2. The first-order valence-corrected chi connectivity index (χ1v) is 5.32. The number of nitrogens with two attached hydrogens (primary N) is 3. The Kier molecular flexibility index (Phi) is 10.4. The Labute approximate surface area is 116 Å².